The van der Waals surface area contributed by atoms with Gasteiger partial charge in [-0.05, 0) is 31.7 Å². The van der Waals surface area contributed by atoms with Crippen molar-refractivity contribution in [2.75, 3.05) is 6.61 Å². The molecule has 0 aromatic carbocycles. The zero-order valence-electron chi connectivity index (χ0n) is 11.0. The summed E-state index contributed by atoms with van der Waals surface area (Å²) in [6.45, 7) is 2.06. The van der Waals surface area contributed by atoms with Crippen LogP contribution in [0.3, 0.4) is 0 Å². The molecule has 1 atom stereocenters. The molecule has 1 aromatic rings. The summed E-state index contributed by atoms with van der Waals surface area (Å²) in [7, 11) is 0. The number of nitrogens with one attached hydrogen (secondary N) is 1. The van der Waals surface area contributed by atoms with E-state index < -0.39 is 0 Å². The third-order valence-electron chi connectivity index (χ3n) is 3.21. The predicted octanol–water partition coefficient (Wildman–Crippen LogP) is 1.34. The Labute approximate surface area is 113 Å². The fraction of sp³-hybridized carbons (Fsp3) is 0.467. The fourth-order valence-electron chi connectivity index (χ4n) is 1.90. The standard InChI is InChI=1S/C15H18N2O2/c1-11(12-5-6-12)17-15(19)14-7-8-16-10-13(14)4-2-3-9-18/h7-8,10-12,18H,3,5-6,9H2,1H3,(H,17,19). The van der Waals surface area contributed by atoms with Crippen molar-refractivity contribution in [2.45, 2.75) is 32.2 Å². The Hall–Kier alpha value is -1.86. The van der Waals surface area contributed by atoms with Crippen molar-refractivity contribution in [3.05, 3.63) is 29.6 Å². The Morgan fingerprint density at radius 3 is 3.11 bits per heavy atom. The first-order valence-electron chi connectivity index (χ1n) is 6.57. The Balaban J connectivity index is 2.10. The van der Waals surface area contributed by atoms with Crippen LogP contribution in [0, 0.1) is 17.8 Å². The normalized spacial score (nSPS) is 15.3. The molecule has 0 bridgehead atoms. The lowest BCUT2D eigenvalue weighted by Crippen LogP contribution is -2.34. The maximum absolute atomic E-state index is 12.2. The number of nitrogens with zero attached hydrogens (tertiary/aromatic N) is 1. The molecule has 0 radical (unpaired) electrons. The van der Waals surface area contributed by atoms with E-state index in [1.807, 2.05) is 6.92 Å². The SMILES string of the molecule is CC(NC(=O)c1ccncc1C#CCCO)C1CC1. The van der Waals surface area contributed by atoms with Crippen LogP contribution >= 0.6 is 0 Å². The van der Waals surface area contributed by atoms with Gasteiger partial charge in [0.1, 0.15) is 0 Å². The van der Waals surface area contributed by atoms with E-state index in [1.165, 1.54) is 12.8 Å². The van der Waals surface area contributed by atoms with Crippen LogP contribution in [0.1, 0.15) is 42.1 Å². The number of aliphatic hydroxyl groups is 1. The molecule has 1 unspecified atom stereocenters. The number of carbonyl (C=O) groups is 1. The number of aliphatic hydroxyl groups excluding tert-OH is 1. The summed E-state index contributed by atoms with van der Waals surface area (Å²) < 4.78 is 0. The minimum absolute atomic E-state index is 0.0213. The van der Waals surface area contributed by atoms with Crippen LogP contribution in [-0.4, -0.2) is 28.6 Å². The predicted molar refractivity (Wildman–Crippen MR) is 72.5 cm³/mol. The average molecular weight is 258 g/mol. The second kappa shape index (κ2) is 6.35. The lowest BCUT2D eigenvalue weighted by Gasteiger charge is -2.13. The van der Waals surface area contributed by atoms with E-state index in [-0.39, 0.29) is 18.6 Å². The third kappa shape index (κ3) is 3.80. The number of pyridine rings is 1. The zero-order chi connectivity index (χ0) is 13.7. The number of amides is 1. The molecule has 0 spiro atoms. The second-order valence-corrected chi connectivity index (χ2v) is 4.80. The maximum atomic E-state index is 12.2. The number of hydrogen-bond acceptors (Lipinski definition) is 3. The van der Waals surface area contributed by atoms with Gasteiger partial charge in [-0.1, -0.05) is 11.8 Å². The van der Waals surface area contributed by atoms with Crippen LogP contribution in [-0.2, 0) is 0 Å². The van der Waals surface area contributed by atoms with Crippen molar-refractivity contribution in [1.82, 2.24) is 10.3 Å². The Morgan fingerprint density at radius 1 is 1.63 bits per heavy atom. The molecule has 1 saturated carbocycles. The first kappa shape index (κ1) is 13.6. The maximum Gasteiger partial charge on any atom is 0.252 e. The van der Waals surface area contributed by atoms with Crippen molar-refractivity contribution >= 4 is 5.91 Å². The third-order valence-corrected chi connectivity index (χ3v) is 3.21. The lowest BCUT2D eigenvalue weighted by molar-refractivity contribution is 0.0935. The van der Waals surface area contributed by atoms with Crippen LogP contribution in [0.25, 0.3) is 0 Å². The van der Waals surface area contributed by atoms with Crippen LogP contribution in [0.2, 0.25) is 0 Å². The minimum Gasteiger partial charge on any atom is -0.395 e. The van der Waals surface area contributed by atoms with Crippen molar-refractivity contribution in [3.8, 4) is 11.8 Å². The number of hydrogen-bond donors (Lipinski definition) is 2. The second-order valence-electron chi connectivity index (χ2n) is 4.80. The van der Waals surface area contributed by atoms with Gasteiger partial charge in [0, 0.05) is 24.9 Å². The van der Waals surface area contributed by atoms with Gasteiger partial charge in [0.05, 0.1) is 17.7 Å². The molecule has 2 rings (SSSR count). The van der Waals surface area contributed by atoms with Gasteiger partial charge >= 0.3 is 0 Å². The minimum atomic E-state index is -0.102. The smallest absolute Gasteiger partial charge is 0.252 e. The summed E-state index contributed by atoms with van der Waals surface area (Å²) in [5.74, 6) is 6.21. The van der Waals surface area contributed by atoms with Gasteiger partial charge in [0.15, 0.2) is 0 Å². The van der Waals surface area contributed by atoms with Gasteiger partial charge in [0.25, 0.3) is 5.91 Å². The summed E-state index contributed by atoms with van der Waals surface area (Å²) in [6.07, 6.45) is 5.96. The lowest BCUT2D eigenvalue weighted by atomic mass is 10.1. The van der Waals surface area contributed by atoms with E-state index in [0.29, 0.717) is 23.5 Å². The first-order valence-corrected chi connectivity index (χ1v) is 6.57. The molecule has 2 N–H and O–H groups in total. The number of rotatable bonds is 4. The van der Waals surface area contributed by atoms with Gasteiger partial charge < -0.3 is 10.4 Å². The Kier molecular flexibility index (Phi) is 4.53. The molecule has 4 nitrogen and oxygen atoms in total. The van der Waals surface area contributed by atoms with Crippen molar-refractivity contribution in [3.63, 3.8) is 0 Å². The van der Waals surface area contributed by atoms with Gasteiger partial charge in [-0.2, -0.15) is 0 Å². The molecule has 100 valence electrons. The van der Waals surface area contributed by atoms with Crippen LogP contribution in [0.15, 0.2) is 18.5 Å². The highest BCUT2D eigenvalue weighted by Gasteiger charge is 2.29. The van der Waals surface area contributed by atoms with E-state index in [2.05, 4.69) is 22.1 Å². The molecule has 19 heavy (non-hydrogen) atoms. The Bertz CT molecular complexity index is 512. The quantitative estimate of drug-likeness (QED) is 0.801. The van der Waals surface area contributed by atoms with Crippen LogP contribution in [0.4, 0.5) is 0 Å². The summed E-state index contributed by atoms with van der Waals surface area (Å²) in [6, 6.07) is 1.89. The van der Waals surface area contributed by atoms with Crippen molar-refractivity contribution in [2.24, 2.45) is 5.92 Å². The monoisotopic (exact) mass is 258 g/mol. The Morgan fingerprint density at radius 2 is 2.42 bits per heavy atom. The largest absolute Gasteiger partial charge is 0.395 e. The molecule has 1 aromatic heterocycles. The molecule has 1 aliphatic carbocycles. The van der Waals surface area contributed by atoms with Crippen molar-refractivity contribution < 1.29 is 9.90 Å². The molecular weight excluding hydrogens is 240 g/mol. The molecular formula is C15H18N2O2. The topological polar surface area (TPSA) is 62.2 Å². The molecule has 1 heterocycles. The van der Waals surface area contributed by atoms with E-state index in [0.717, 1.165) is 0 Å². The van der Waals surface area contributed by atoms with E-state index in [9.17, 15) is 4.79 Å². The molecule has 0 saturated heterocycles. The molecule has 0 aliphatic heterocycles. The van der Waals surface area contributed by atoms with E-state index in [4.69, 9.17) is 5.11 Å². The molecule has 4 heteroatoms. The fourth-order valence-corrected chi connectivity index (χ4v) is 1.90. The molecule has 1 amide bonds. The van der Waals surface area contributed by atoms with Gasteiger partial charge in [-0.15, -0.1) is 0 Å². The zero-order valence-corrected chi connectivity index (χ0v) is 11.0. The highest BCUT2D eigenvalue weighted by atomic mass is 16.2. The average Bonchev–Trinajstić information content (AvgIpc) is 3.24. The summed E-state index contributed by atoms with van der Waals surface area (Å²) >= 11 is 0. The summed E-state index contributed by atoms with van der Waals surface area (Å²) in [5, 5.41) is 11.7. The summed E-state index contributed by atoms with van der Waals surface area (Å²) in [4.78, 5) is 16.2. The van der Waals surface area contributed by atoms with Gasteiger partial charge in [0.2, 0.25) is 0 Å². The van der Waals surface area contributed by atoms with Crippen LogP contribution in [0.5, 0.6) is 0 Å². The summed E-state index contributed by atoms with van der Waals surface area (Å²) in [5.41, 5.74) is 1.16. The molecule has 1 fully saturated rings. The first-order chi connectivity index (χ1) is 9.22. The van der Waals surface area contributed by atoms with E-state index in [1.54, 1.807) is 18.5 Å². The molecule has 1 aliphatic rings. The van der Waals surface area contributed by atoms with Gasteiger partial charge in [-0.25, -0.2) is 0 Å². The van der Waals surface area contributed by atoms with Crippen molar-refractivity contribution in [1.29, 1.82) is 0 Å². The number of aromatic nitrogens is 1. The van der Waals surface area contributed by atoms with Gasteiger partial charge in [-0.3, -0.25) is 9.78 Å². The van der Waals surface area contributed by atoms with Crippen LogP contribution < -0.4 is 5.32 Å². The highest BCUT2D eigenvalue weighted by Crippen LogP contribution is 2.32. The van der Waals surface area contributed by atoms with E-state index >= 15 is 0 Å². The highest BCUT2D eigenvalue weighted by molar-refractivity contribution is 5.96. The number of carbonyl (C=O) groups excluding carboxylic acids is 1.